The van der Waals surface area contributed by atoms with Crippen LogP contribution < -0.4 is 11.1 Å². The molecule has 15 heavy (non-hydrogen) atoms. The highest BCUT2D eigenvalue weighted by Crippen LogP contribution is 2.18. The lowest BCUT2D eigenvalue weighted by atomic mass is 10.1. The molecule has 84 valence electrons. The second-order valence-electron chi connectivity index (χ2n) is 3.04. The molecule has 0 aromatic carbocycles. The molecule has 7 heteroatoms. The third kappa shape index (κ3) is 3.00. The topological polar surface area (TPSA) is 104 Å². The second kappa shape index (κ2) is 5.22. The molecule has 2 unspecified atom stereocenters. The van der Waals surface area contributed by atoms with Gasteiger partial charge in [0.15, 0.2) is 11.0 Å². The first-order valence-electron chi connectivity index (χ1n) is 4.35. The number of aliphatic hydroxyl groups is 2. The molecule has 0 saturated carbocycles. The molecule has 6 nitrogen and oxygen atoms in total. The Hall–Kier alpha value is -0.950. The average molecular weight is 233 g/mol. The Labute approximate surface area is 92.1 Å². The van der Waals surface area contributed by atoms with Crippen molar-refractivity contribution in [2.75, 3.05) is 19.3 Å². The minimum atomic E-state index is -1.14. The Morgan fingerprint density at radius 3 is 2.80 bits per heavy atom. The van der Waals surface area contributed by atoms with E-state index in [1.54, 1.807) is 7.05 Å². The molecule has 5 N–H and O–H groups in total. The van der Waals surface area contributed by atoms with Crippen LogP contribution in [0.15, 0.2) is 6.20 Å². The average Bonchev–Trinajstić information content (AvgIpc) is 2.21. The first-order valence-corrected chi connectivity index (χ1v) is 4.72. The van der Waals surface area contributed by atoms with Crippen LogP contribution in [0.3, 0.4) is 0 Å². The summed E-state index contributed by atoms with van der Waals surface area (Å²) in [6, 6.07) is 0. The Kier molecular flexibility index (Phi) is 4.22. The summed E-state index contributed by atoms with van der Waals surface area (Å²) < 4.78 is 0. The largest absolute Gasteiger partial charge is 0.389 e. The minimum Gasteiger partial charge on any atom is -0.389 e. The van der Waals surface area contributed by atoms with E-state index in [9.17, 15) is 10.2 Å². The van der Waals surface area contributed by atoms with Gasteiger partial charge in [0.2, 0.25) is 0 Å². The quantitative estimate of drug-likeness (QED) is 0.549. The second-order valence-corrected chi connectivity index (χ2v) is 3.40. The van der Waals surface area contributed by atoms with Crippen LogP contribution in [0.2, 0.25) is 5.15 Å². The first-order chi connectivity index (χ1) is 7.06. The summed E-state index contributed by atoms with van der Waals surface area (Å²) in [6.45, 7) is 0.241. The van der Waals surface area contributed by atoms with Crippen molar-refractivity contribution < 1.29 is 10.2 Å². The Bertz CT molecular complexity index is 336. The van der Waals surface area contributed by atoms with E-state index in [4.69, 9.17) is 17.3 Å². The lowest BCUT2D eigenvalue weighted by Crippen LogP contribution is -2.30. The maximum absolute atomic E-state index is 9.64. The van der Waals surface area contributed by atoms with Crippen molar-refractivity contribution in [1.29, 1.82) is 0 Å². The van der Waals surface area contributed by atoms with Crippen molar-refractivity contribution in [1.82, 2.24) is 15.3 Å². The van der Waals surface area contributed by atoms with Gasteiger partial charge >= 0.3 is 0 Å². The van der Waals surface area contributed by atoms with Crippen LogP contribution in [0, 0.1) is 0 Å². The van der Waals surface area contributed by atoms with Crippen molar-refractivity contribution in [2.45, 2.75) is 12.2 Å². The Morgan fingerprint density at radius 1 is 1.60 bits per heavy atom. The van der Waals surface area contributed by atoms with Gasteiger partial charge in [0.05, 0.1) is 18.0 Å². The van der Waals surface area contributed by atoms with E-state index < -0.39 is 12.2 Å². The third-order valence-corrected chi connectivity index (χ3v) is 2.13. The lowest BCUT2D eigenvalue weighted by molar-refractivity contribution is 0.0175. The SMILES string of the molecule is CNCC(O)C(O)c1cnc(N)c(Cl)n1. The van der Waals surface area contributed by atoms with Crippen LogP contribution in [-0.2, 0) is 0 Å². The fourth-order valence-electron chi connectivity index (χ4n) is 1.05. The van der Waals surface area contributed by atoms with Gasteiger partial charge in [-0.3, -0.25) is 0 Å². The zero-order valence-corrected chi connectivity index (χ0v) is 8.94. The van der Waals surface area contributed by atoms with Gasteiger partial charge in [-0.05, 0) is 7.05 Å². The minimum absolute atomic E-state index is 0.0169. The molecular formula is C8H13ClN4O2. The number of rotatable bonds is 4. The van der Waals surface area contributed by atoms with Gasteiger partial charge in [-0.15, -0.1) is 0 Å². The monoisotopic (exact) mass is 232 g/mol. The molecule has 0 amide bonds. The van der Waals surface area contributed by atoms with Crippen LogP contribution in [0.1, 0.15) is 11.8 Å². The van der Waals surface area contributed by atoms with Crippen LogP contribution in [0.4, 0.5) is 5.82 Å². The summed E-state index contributed by atoms with van der Waals surface area (Å²) in [5.74, 6) is 0.0933. The van der Waals surface area contributed by atoms with Crippen molar-refractivity contribution in [3.05, 3.63) is 17.0 Å². The van der Waals surface area contributed by atoms with Crippen molar-refractivity contribution in [2.24, 2.45) is 0 Å². The van der Waals surface area contributed by atoms with E-state index in [1.807, 2.05) is 0 Å². The molecule has 1 aromatic heterocycles. The van der Waals surface area contributed by atoms with E-state index in [0.29, 0.717) is 0 Å². The number of halogens is 1. The maximum Gasteiger partial charge on any atom is 0.171 e. The van der Waals surface area contributed by atoms with Gasteiger partial charge in [0.25, 0.3) is 0 Å². The summed E-state index contributed by atoms with van der Waals surface area (Å²) in [5.41, 5.74) is 5.55. The molecule has 0 aliphatic heterocycles. The molecule has 0 aliphatic rings. The highest BCUT2D eigenvalue weighted by molar-refractivity contribution is 6.31. The molecule has 1 aromatic rings. The lowest BCUT2D eigenvalue weighted by Gasteiger charge is -2.16. The van der Waals surface area contributed by atoms with E-state index in [1.165, 1.54) is 6.20 Å². The van der Waals surface area contributed by atoms with Crippen LogP contribution in [-0.4, -0.2) is 39.9 Å². The fraction of sp³-hybridized carbons (Fsp3) is 0.500. The molecule has 1 rings (SSSR count). The number of aromatic nitrogens is 2. The van der Waals surface area contributed by atoms with Crippen molar-refractivity contribution in [3.8, 4) is 0 Å². The van der Waals surface area contributed by atoms with Gasteiger partial charge in [0, 0.05) is 6.54 Å². The number of likely N-dealkylation sites (N-methyl/N-ethyl adjacent to an activating group) is 1. The molecule has 0 aliphatic carbocycles. The standard InChI is InChI=1S/C8H13ClN4O2/c1-11-3-5(14)6(15)4-2-12-8(10)7(9)13-4/h2,5-6,11,14-15H,3H2,1H3,(H2,10,12). The summed E-state index contributed by atoms with van der Waals surface area (Å²) in [4.78, 5) is 7.55. The smallest absolute Gasteiger partial charge is 0.171 e. The summed E-state index contributed by atoms with van der Waals surface area (Å²) >= 11 is 5.63. The number of nitrogen functional groups attached to an aromatic ring is 1. The zero-order chi connectivity index (χ0) is 11.4. The Morgan fingerprint density at radius 2 is 2.27 bits per heavy atom. The van der Waals surface area contributed by atoms with Gasteiger partial charge < -0.3 is 21.3 Å². The molecule has 1 heterocycles. The normalized spacial score (nSPS) is 14.9. The number of nitrogens with zero attached hydrogens (tertiary/aromatic N) is 2. The predicted octanol–water partition coefficient (Wildman–Crippen LogP) is -0.674. The third-order valence-electron chi connectivity index (χ3n) is 1.86. The number of anilines is 1. The molecule has 0 bridgehead atoms. The number of hydrogen-bond donors (Lipinski definition) is 4. The number of hydrogen-bond acceptors (Lipinski definition) is 6. The van der Waals surface area contributed by atoms with Gasteiger partial charge in [0.1, 0.15) is 6.10 Å². The van der Waals surface area contributed by atoms with Crippen LogP contribution in [0.25, 0.3) is 0 Å². The van der Waals surface area contributed by atoms with Gasteiger partial charge in [-0.1, -0.05) is 11.6 Å². The van der Waals surface area contributed by atoms with Crippen LogP contribution in [0.5, 0.6) is 0 Å². The van der Waals surface area contributed by atoms with E-state index in [0.717, 1.165) is 0 Å². The molecule has 0 fully saturated rings. The van der Waals surface area contributed by atoms with E-state index in [-0.39, 0.29) is 23.2 Å². The van der Waals surface area contributed by atoms with Gasteiger partial charge in [-0.2, -0.15) is 0 Å². The van der Waals surface area contributed by atoms with Gasteiger partial charge in [-0.25, -0.2) is 9.97 Å². The summed E-state index contributed by atoms with van der Waals surface area (Å²) in [6.07, 6.45) is -0.822. The van der Waals surface area contributed by atoms with Crippen molar-refractivity contribution in [3.63, 3.8) is 0 Å². The van der Waals surface area contributed by atoms with Crippen LogP contribution >= 0.6 is 11.6 Å². The highest BCUT2D eigenvalue weighted by atomic mass is 35.5. The summed E-state index contributed by atoms with van der Waals surface area (Å²) in [7, 11) is 1.66. The Balaban J connectivity index is 2.81. The maximum atomic E-state index is 9.64. The van der Waals surface area contributed by atoms with E-state index >= 15 is 0 Å². The van der Waals surface area contributed by atoms with E-state index in [2.05, 4.69) is 15.3 Å². The fourth-order valence-corrected chi connectivity index (χ4v) is 1.20. The highest BCUT2D eigenvalue weighted by Gasteiger charge is 2.20. The number of nitrogens with one attached hydrogen (secondary N) is 1. The molecule has 0 spiro atoms. The predicted molar refractivity (Wildman–Crippen MR) is 56.3 cm³/mol. The molecule has 0 radical (unpaired) electrons. The first kappa shape index (κ1) is 12.1. The zero-order valence-electron chi connectivity index (χ0n) is 8.18. The number of aliphatic hydroxyl groups excluding tert-OH is 2. The molecule has 0 saturated heterocycles. The molecular weight excluding hydrogens is 220 g/mol. The molecule has 2 atom stereocenters. The number of nitrogens with two attached hydrogens (primary N) is 1. The van der Waals surface area contributed by atoms with Crippen molar-refractivity contribution >= 4 is 17.4 Å². The summed E-state index contributed by atoms with van der Waals surface area (Å²) in [5, 5.41) is 21.9.